The number of hydrogen-bond acceptors (Lipinski definition) is 6. The molecule has 2 heterocycles. The summed E-state index contributed by atoms with van der Waals surface area (Å²) in [5.41, 5.74) is 0.196. The van der Waals surface area contributed by atoms with Gasteiger partial charge in [-0.25, -0.2) is 13.4 Å². The maximum atomic E-state index is 12.1. The number of rotatable bonds is 6. The average molecular weight is 341 g/mol. The number of amides is 2. The van der Waals surface area contributed by atoms with Gasteiger partial charge >= 0.3 is 0 Å². The van der Waals surface area contributed by atoms with Gasteiger partial charge in [0.15, 0.2) is 9.84 Å². The Hall–Kier alpha value is -2.00. The first-order chi connectivity index (χ1) is 10.9. The van der Waals surface area contributed by atoms with Crippen LogP contribution in [0.3, 0.4) is 0 Å². The summed E-state index contributed by atoms with van der Waals surface area (Å²) < 4.78 is 27.6. The first-order valence-electron chi connectivity index (χ1n) is 7.17. The van der Waals surface area contributed by atoms with Crippen LogP contribution in [0.5, 0.6) is 0 Å². The van der Waals surface area contributed by atoms with Crippen molar-refractivity contribution >= 4 is 21.7 Å². The zero-order valence-electron chi connectivity index (χ0n) is 12.7. The number of ether oxygens (including phenoxy) is 1. The summed E-state index contributed by atoms with van der Waals surface area (Å²) >= 11 is 0. The third-order valence-electron chi connectivity index (χ3n) is 3.37. The molecular weight excluding hydrogens is 322 g/mol. The molecule has 0 saturated carbocycles. The lowest BCUT2D eigenvalue weighted by atomic mass is 10.2. The van der Waals surface area contributed by atoms with Gasteiger partial charge in [-0.1, -0.05) is 6.07 Å². The Morgan fingerprint density at radius 2 is 2.00 bits per heavy atom. The van der Waals surface area contributed by atoms with Crippen molar-refractivity contribution in [2.75, 3.05) is 31.8 Å². The molecule has 2 rings (SSSR count). The molecule has 8 nitrogen and oxygen atoms in total. The molecule has 0 spiro atoms. The van der Waals surface area contributed by atoms with Crippen LogP contribution in [0, 0.1) is 0 Å². The number of methoxy groups -OCH3 is 1. The number of hydrogen-bond donors (Lipinski definition) is 2. The normalized spacial score (nSPS) is 19.3. The number of carbonyl (C=O) groups excluding carboxylic acids is 2. The van der Waals surface area contributed by atoms with E-state index in [0.29, 0.717) is 19.6 Å². The second-order valence-corrected chi connectivity index (χ2v) is 7.46. The molecule has 0 aliphatic carbocycles. The molecule has 1 aliphatic rings. The van der Waals surface area contributed by atoms with Crippen LogP contribution in [-0.2, 0) is 14.6 Å². The summed E-state index contributed by atoms with van der Waals surface area (Å²) in [5.74, 6) is -0.873. The Morgan fingerprint density at radius 1 is 1.30 bits per heavy atom. The van der Waals surface area contributed by atoms with Gasteiger partial charge in [0.05, 0.1) is 18.1 Å². The van der Waals surface area contributed by atoms with Gasteiger partial charge < -0.3 is 15.4 Å². The highest BCUT2D eigenvalue weighted by Crippen LogP contribution is 2.12. The maximum Gasteiger partial charge on any atom is 0.270 e. The van der Waals surface area contributed by atoms with Crippen LogP contribution < -0.4 is 10.6 Å². The SMILES string of the molecule is COCCNC(=O)c1cccc(C(=O)NC2CCS(=O)(=O)C2)n1. The molecule has 2 N–H and O–H groups in total. The Balaban J connectivity index is 1.98. The van der Waals surface area contributed by atoms with E-state index < -0.39 is 27.7 Å². The first kappa shape index (κ1) is 17.4. The predicted octanol–water partition coefficient (Wildman–Crippen LogP) is -0.625. The van der Waals surface area contributed by atoms with Crippen molar-refractivity contribution in [3.8, 4) is 0 Å². The molecule has 1 aromatic heterocycles. The summed E-state index contributed by atoms with van der Waals surface area (Å²) in [5, 5.41) is 5.25. The zero-order chi connectivity index (χ0) is 16.9. The minimum absolute atomic E-state index is 0.0596. The topological polar surface area (TPSA) is 114 Å². The van der Waals surface area contributed by atoms with Gasteiger partial charge in [0.2, 0.25) is 0 Å². The number of aromatic nitrogens is 1. The van der Waals surface area contributed by atoms with E-state index >= 15 is 0 Å². The minimum Gasteiger partial charge on any atom is -0.383 e. The Morgan fingerprint density at radius 3 is 2.61 bits per heavy atom. The first-order valence-corrected chi connectivity index (χ1v) is 8.99. The monoisotopic (exact) mass is 341 g/mol. The summed E-state index contributed by atoms with van der Waals surface area (Å²) in [4.78, 5) is 28.0. The van der Waals surface area contributed by atoms with E-state index in [1.165, 1.54) is 19.2 Å². The van der Waals surface area contributed by atoms with Gasteiger partial charge in [0, 0.05) is 19.7 Å². The molecule has 2 amide bonds. The van der Waals surface area contributed by atoms with Crippen LogP contribution in [0.4, 0.5) is 0 Å². The molecule has 1 fully saturated rings. The van der Waals surface area contributed by atoms with Crippen molar-refractivity contribution in [1.29, 1.82) is 0 Å². The summed E-state index contributed by atoms with van der Waals surface area (Å²) in [6.45, 7) is 0.718. The van der Waals surface area contributed by atoms with Crippen molar-refractivity contribution in [3.63, 3.8) is 0 Å². The van der Waals surface area contributed by atoms with Gasteiger partial charge in [-0.05, 0) is 18.6 Å². The third kappa shape index (κ3) is 5.00. The van der Waals surface area contributed by atoms with E-state index in [2.05, 4.69) is 15.6 Å². The number of sulfone groups is 1. The highest BCUT2D eigenvalue weighted by Gasteiger charge is 2.29. The van der Waals surface area contributed by atoms with E-state index in [-0.39, 0.29) is 22.9 Å². The van der Waals surface area contributed by atoms with E-state index in [4.69, 9.17) is 4.74 Å². The van der Waals surface area contributed by atoms with E-state index in [1.807, 2.05) is 0 Å². The largest absolute Gasteiger partial charge is 0.383 e. The minimum atomic E-state index is -3.07. The molecule has 1 saturated heterocycles. The van der Waals surface area contributed by atoms with E-state index in [0.717, 1.165) is 0 Å². The maximum absolute atomic E-state index is 12.1. The van der Waals surface area contributed by atoms with Crippen molar-refractivity contribution in [1.82, 2.24) is 15.6 Å². The molecule has 1 unspecified atom stereocenters. The second kappa shape index (κ2) is 7.51. The van der Waals surface area contributed by atoms with Crippen molar-refractivity contribution in [3.05, 3.63) is 29.6 Å². The lowest BCUT2D eigenvalue weighted by Crippen LogP contribution is -2.36. The lowest BCUT2D eigenvalue weighted by Gasteiger charge is -2.11. The highest BCUT2D eigenvalue weighted by atomic mass is 32.2. The van der Waals surface area contributed by atoms with Crippen molar-refractivity contribution < 1.29 is 22.7 Å². The van der Waals surface area contributed by atoms with Crippen LogP contribution in [-0.4, -0.2) is 63.0 Å². The molecule has 1 aromatic rings. The number of nitrogens with one attached hydrogen (secondary N) is 2. The van der Waals surface area contributed by atoms with Crippen LogP contribution in [0.25, 0.3) is 0 Å². The van der Waals surface area contributed by atoms with E-state index in [1.54, 1.807) is 6.07 Å². The summed E-state index contributed by atoms with van der Waals surface area (Å²) in [7, 11) is -1.54. The van der Waals surface area contributed by atoms with Crippen LogP contribution in [0.2, 0.25) is 0 Å². The second-order valence-electron chi connectivity index (χ2n) is 5.23. The van der Waals surface area contributed by atoms with Gasteiger partial charge in [-0.2, -0.15) is 0 Å². The lowest BCUT2D eigenvalue weighted by molar-refractivity contribution is 0.0929. The average Bonchev–Trinajstić information content (AvgIpc) is 2.86. The smallest absolute Gasteiger partial charge is 0.270 e. The van der Waals surface area contributed by atoms with Gasteiger partial charge in [0.1, 0.15) is 11.4 Å². The Labute approximate surface area is 134 Å². The van der Waals surface area contributed by atoms with Crippen molar-refractivity contribution in [2.45, 2.75) is 12.5 Å². The fourth-order valence-electron chi connectivity index (χ4n) is 2.21. The van der Waals surface area contributed by atoms with Gasteiger partial charge in [0.25, 0.3) is 11.8 Å². The Bertz CT molecular complexity index is 689. The van der Waals surface area contributed by atoms with Crippen molar-refractivity contribution in [2.24, 2.45) is 0 Å². The summed E-state index contributed by atoms with van der Waals surface area (Å²) in [6.07, 6.45) is 0.394. The van der Waals surface area contributed by atoms with Gasteiger partial charge in [-0.15, -0.1) is 0 Å². The Kier molecular flexibility index (Phi) is 5.67. The molecule has 9 heteroatoms. The van der Waals surface area contributed by atoms with Gasteiger partial charge in [-0.3, -0.25) is 9.59 Å². The standard InChI is InChI=1S/C14H19N3O5S/c1-22-7-6-15-13(18)11-3-2-4-12(17-11)14(19)16-10-5-8-23(20,21)9-10/h2-4,10H,5-9H2,1H3,(H,15,18)(H,16,19). The molecule has 1 atom stereocenters. The fourth-order valence-corrected chi connectivity index (χ4v) is 3.89. The summed E-state index contributed by atoms with van der Waals surface area (Å²) in [6, 6.07) is 4.12. The predicted molar refractivity (Wildman–Crippen MR) is 83.0 cm³/mol. The molecule has 0 aromatic carbocycles. The van der Waals surface area contributed by atoms with Crippen LogP contribution >= 0.6 is 0 Å². The quantitative estimate of drug-likeness (QED) is 0.666. The molecule has 0 bridgehead atoms. The highest BCUT2D eigenvalue weighted by molar-refractivity contribution is 7.91. The number of pyridine rings is 1. The zero-order valence-corrected chi connectivity index (χ0v) is 13.6. The fraction of sp³-hybridized carbons (Fsp3) is 0.500. The third-order valence-corrected chi connectivity index (χ3v) is 5.14. The van der Waals surface area contributed by atoms with Crippen LogP contribution in [0.1, 0.15) is 27.4 Å². The molecule has 0 radical (unpaired) electrons. The molecule has 1 aliphatic heterocycles. The molecule has 23 heavy (non-hydrogen) atoms. The van der Waals surface area contributed by atoms with E-state index in [9.17, 15) is 18.0 Å². The number of carbonyl (C=O) groups is 2. The van der Waals surface area contributed by atoms with Crippen LogP contribution in [0.15, 0.2) is 18.2 Å². The molecular formula is C14H19N3O5S. The molecule has 126 valence electrons. The number of nitrogens with zero attached hydrogens (tertiary/aromatic N) is 1.